The molecule has 7 nitrogen and oxygen atoms in total. The lowest BCUT2D eigenvalue weighted by molar-refractivity contribution is -0.144. The van der Waals surface area contributed by atoms with Gasteiger partial charge in [0.05, 0.1) is 6.10 Å². The van der Waals surface area contributed by atoms with Gasteiger partial charge >= 0.3 is 12.0 Å². The first kappa shape index (κ1) is 13.7. The van der Waals surface area contributed by atoms with Crippen LogP contribution >= 0.6 is 0 Å². The van der Waals surface area contributed by atoms with E-state index in [0.717, 1.165) is 6.42 Å². The van der Waals surface area contributed by atoms with E-state index >= 15 is 0 Å². The molecule has 0 aromatic rings. The van der Waals surface area contributed by atoms with Gasteiger partial charge in [0, 0.05) is 20.2 Å². The van der Waals surface area contributed by atoms with Crippen LogP contribution in [0.15, 0.2) is 0 Å². The second-order valence-corrected chi connectivity index (χ2v) is 4.08. The zero-order valence-electron chi connectivity index (χ0n) is 10.0. The average Bonchev–Trinajstić information content (AvgIpc) is 2.29. The van der Waals surface area contributed by atoms with Gasteiger partial charge in [0.15, 0.2) is 6.61 Å². The number of hydroxylamine groups is 1. The molecule has 0 bridgehead atoms. The van der Waals surface area contributed by atoms with E-state index < -0.39 is 18.6 Å². The van der Waals surface area contributed by atoms with Gasteiger partial charge in [-0.15, -0.1) is 0 Å². The molecule has 7 heteroatoms. The Balaban J connectivity index is 2.34. The molecule has 1 saturated heterocycles. The Morgan fingerprint density at radius 2 is 2.24 bits per heavy atom. The van der Waals surface area contributed by atoms with E-state index in [1.165, 1.54) is 0 Å². The van der Waals surface area contributed by atoms with Gasteiger partial charge in [-0.3, -0.25) is 4.84 Å². The Morgan fingerprint density at radius 3 is 2.82 bits per heavy atom. The SMILES string of the molecule is COC1CN(C(=O)NOCC(=O)O)CCC1C. The summed E-state index contributed by atoms with van der Waals surface area (Å²) in [6.45, 7) is 2.62. The predicted molar refractivity (Wildman–Crippen MR) is 58.3 cm³/mol. The van der Waals surface area contributed by atoms with Crippen LogP contribution in [0.2, 0.25) is 0 Å². The Labute approximate surface area is 99.6 Å². The number of likely N-dealkylation sites (tertiary alicyclic amines) is 1. The molecule has 0 saturated carbocycles. The molecule has 0 aromatic carbocycles. The number of aliphatic carboxylic acids is 1. The van der Waals surface area contributed by atoms with E-state index in [4.69, 9.17) is 9.84 Å². The summed E-state index contributed by atoms with van der Waals surface area (Å²) in [5.41, 5.74) is 2.09. The molecule has 1 fully saturated rings. The number of carboxylic acids is 1. The van der Waals surface area contributed by atoms with Crippen LogP contribution in [0.4, 0.5) is 4.79 Å². The van der Waals surface area contributed by atoms with Gasteiger partial charge < -0.3 is 14.7 Å². The maximum absolute atomic E-state index is 11.6. The molecule has 17 heavy (non-hydrogen) atoms. The summed E-state index contributed by atoms with van der Waals surface area (Å²) in [4.78, 5) is 27.9. The maximum atomic E-state index is 11.6. The van der Waals surface area contributed by atoms with Crippen molar-refractivity contribution in [2.75, 3.05) is 26.8 Å². The summed E-state index contributed by atoms with van der Waals surface area (Å²) in [6, 6.07) is -0.430. The number of piperidine rings is 1. The number of hydrogen-bond acceptors (Lipinski definition) is 4. The fourth-order valence-corrected chi connectivity index (χ4v) is 1.75. The van der Waals surface area contributed by atoms with Crippen molar-refractivity contribution in [3.63, 3.8) is 0 Å². The minimum absolute atomic E-state index is 0.00831. The van der Waals surface area contributed by atoms with Crippen molar-refractivity contribution >= 4 is 12.0 Å². The van der Waals surface area contributed by atoms with Crippen LogP contribution in [0, 0.1) is 5.92 Å². The third kappa shape index (κ3) is 4.20. The number of methoxy groups -OCH3 is 1. The molecule has 0 spiro atoms. The monoisotopic (exact) mass is 246 g/mol. The van der Waals surface area contributed by atoms with Crippen LogP contribution in [0.1, 0.15) is 13.3 Å². The van der Waals surface area contributed by atoms with E-state index in [1.807, 2.05) is 0 Å². The third-order valence-electron chi connectivity index (χ3n) is 2.83. The first-order chi connectivity index (χ1) is 8.04. The summed E-state index contributed by atoms with van der Waals surface area (Å²) in [5, 5.41) is 8.34. The molecule has 2 unspecified atom stereocenters. The number of nitrogens with zero attached hydrogens (tertiary/aromatic N) is 1. The fourth-order valence-electron chi connectivity index (χ4n) is 1.75. The molecule has 1 aliphatic heterocycles. The Kier molecular flexibility index (Phi) is 5.17. The number of carboxylic acid groups (broad SMARTS) is 1. The van der Waals surface area contributed by atoms with Crippen LogP contribution in [-0.2, 0) is 14.4 Å². The second kappa shape index (κ2) is 6.41. The first-order valence-electron chi connectivity index (χ1n) is 5.46. The van der Waals surface area contributed by atoms with Crippen molar-refractivity contribution in [2.24, 2.45) is 5.92 Å². The van der Waals surface area contributed by atoms with Gasteiger partial charge in [-0.2, -0.15) is 0 Å². The smallest absolute Gasteiger partial charge is 0.341 e. The molecule has 1 heterocycles. The van der Waals surface area contributed by atoms with E-state index in [9.17, 15) is 9.59 Å². The minimum Gasteiger partial charge on any atom is -0.479 e. The topological polar surface area (TPSA) is 88.1 Å². The van der Waals surface area contributed by atoms with Crippen LogP contribution in [0.25, 0.3) is 0 Å². The van der Waals surface area contributed by atoms with Gasteiger partial charge in [0.25, 0.3) is 0 Å². The molecule has 2 amide bonds. The fraction of sp³-hybridized carbons (Fsp3) is 0.800. The summed E-state index contributed by atoms with van der Waals surface area (Å²) < 4.78 is 5.27. The molecule has 1 rings (SSSR count). The van der Waals surface area contributed by atoms with Gasteiger partial charge in [0.1, 0.15) is 0 Å². The zero-order valence-corrected chi connectivity index (χ0v) is 10.0. The molecular formula is C10H18N2O5. The minimum atomic E-state index is -1.13. The van der Waals surface area contributed by atoms with Crippen molar-refractivity contribution in [1.29, 1.82) is 0 Å². The van der Waals surface area contributed by atoms with E-state index in [-0.39, 0.29) is 6.10 Å². The van der Waals surface area contributed by atoms with Crippen molar-refractivity contribution < 1.29 is 24.3 Å². The number of urea groups is 1. The molecule has 0 aliphatic carbocycles. The molecule has 2 N–H and O–H groups in total. The lowest BCUT2D eigenvalue weighted by Crippen LogP contribution is -2.50. The zero-order chi connectivity index (χ0) is 12.8. The first-order valence-corrected chi connectivity index (χ1v) is 5.46. The quantitative estimate of drug-likeness (QED) is 0.685. The molecule has 98 valence electrons. The van der Waals surface area contributed by atoms with Crippen LogP contribution < -0.4 is 5.48 Å². The highest BCUT2D eigenvalue weighted by Gasteiger charge is 2.28. The summed E-state index contributed by atoms with van der Waals surface area (Å²) in [5.74, 6) is -0.726. The molecule has 2 atom stereocenters. The number of ether oxygens (including phenoxy) is 1. The standard InChI is InChI=1S/C10H18N2O5/c1-7-3-4-12(5-8(7)16-2)10(15)11-17-6-9(13)14/h7-8H,3-6H2,1-2H3,(H,11,15)(H,13,14). The summed E-state index contributed by atoms with van der Waals surface area (Å²) in [6.07, 6.45) is 0.860. The van der Waals surface area contributed by atoms with Crippen LogP contribution in [0.5, 0.6) is 0 Å². The Morgan fingerprint density at radius 1 is 1.53 bits per heavy atom. The van der Waals surface area contributed by atoms with Gasteiger partial charge in [-0.1, -0.05) is 6.92 Å². The number of amides is 2. The molecular weight excluding hydrogens is 228 g/mol. The number of carbonyl (C=O) groups is 2. The molecule has 1 aliphatic rings. The van der Waals surface area contributed by atoms with Gasteiger partial charge in [-0.25, -0.2) is 15.1 Å². The largest absolute Gasteiger partial charge is 0.479 e. The number of carbonyl (C=O) groups excluding carboxylic acids is 1. The van der Waals surface area contributed by atoms with E-state index in [0.29, 0.717) is 19.0 Å². The number of nitrogens with one attached hydrogen (secondary N) is 1. The van der Waals surface area contributed by atoms with Gasteiger partial charge in [-0.05, 0) is 12.3 Å². The van der Waals surface area contributed by atoms with Crippen LogP contribution in [-0.4, -0.2) is 54.9 Å². The van der Waals surface area contributed by atoms with Crippen molar-refractivity contribution in [3.05, 3.63) is 0 Å². The van der Waals surface area contributed by atoms with E-state index in [2.05, 4.69) is 17.2 Å². The lowest BCUT2D eigenvalue weighted by Gasteiger charge is -2.35. The summed E-state index contributed by atoms with van der Waals surface area (Å²) in [7, 11) is 1.61. The van der Waals surface area contributed by atoms with Crippen molar-refractivity contribution in [2.45, 2.75) is 19.4 Å². The third-order valence-corrected chi connectivity index (χ3v) is 2.83. The maximum Gasteiger partial charge on any atom is 0.341 e. The second-order valence-electron chi connectivity index (χ2n) is 4.08. The number of rotatable bonds is 4. The summed E-state index contributed by atoms with van der Waals surface area (Å²) >= 11 is 0. The normalized spacial score (nSPS) is 24.5. The lowest BCUT2D eigenvalue weighted by atomic mass is 9.96. The number of hydrogen-bond donors (Lipinski definition) is 2. The highest BCUT2D eigenvalue weighted by Crippen LogP contribution is 2.19. The molecule has 0 radical (unpaired) electrons. The van der Waals surface area contributed by atoms with Crippen LogP contribution in [0.3, 0.4) is 0 Å². The molecule has 0 aromatic heterocycles. The van der Waals surface area contributed by atoms with Crippen molar-refractivity contribution in [1.82, 2.24) is 10.4 Å². The Hall–Kier alpha value is -1.34. The highest BCUT2D eigenvalue weighted by atomic mass is 16.7. The average molecular weight is 246 g/mol. The van der Waals surface area contributed by atoms with Gasteiger partial charge in [0.2, 0.25) is 0 Å². The highest BCUT2D eigenvalue weighted by molar-refractivity contribution is 5.73. The Bertz CT molecular complexity index is 284. The predicted octanol–water partition coefficient (Wildman–Crippen LogP) is 0.0690. The van der Waals surface area contributed by atoms with E-state index in [1.54, 1.807) is 12.0 Å². The van der Waals surface area contributed by atoms with Crippen molar-refractivity contribution in [3.8, 4) is 0 Å².